The van der Waals surface area contributed by atoms with E-state index in [1.54, 1.807) is 24.3 Å². The minimum Gasteiger partial charge on any atom is -0.508 e. The SMILES string of the molecule is CCCCCC(C)(CCCC)COc1nc(N2CCCN=C(/C=C(\N)C(=O)N3CCCC3)C2)c2c3c(c(-c4cc(O)cc5ccc(F)c(CC)c45)cc2n1)=NC(C)C(C)C=3. The van der Waals surface area contributed by atoms with Gasteiger partial charge in [-0.2, -0.15) is 9.97 Å². The number of nitrogens with zero attached hydrogens (tertiary/aromatic N) is 6. The largest absolute Gasteiger partial charge is 0.508 e. The van der Waals surface area contributed by atoms with E-state index in [9.17, 15) is 9.90 Å². The number of phenols is 1. The lowest BCUT2D eigenvalue weighted by atomic mass is 9.81. The molecule has 3 aliphatic rings. The Morgan fingerprint density at radius 2 is 1.75 bits per heavy atom. The predicted molar refractivity (Wildman–Crippen MR) is 242 cm³/mol. The first-order valence-electron chi connectivity index (χ1n) is 22.5. The third-order valence-electron chi connectivity index (χ3n) is 12.9. The fourth-order valence-corrected chi connectivity index (χ4v) is 9.20. The van der Waals surface area contributed by atoms with Gasteiger partial charge >= 0.3 is 6.01 Å². The lowest BCUT2D eigenvalue weighted by Gasteiger charge is -2.30. The van der Waals surface area contributed by atoms with Crippen LogP contribution in [0, 0.1) is 17.2 Å². The van der Waals surface area contributed by atoms with Crippen molar-refractivity contribution in [3.8, 4) is 22.9 Å². The maximum absolute atomic E-state index is 15.6. The number of likely N-dealkylation sites (tertiary alicyclic amines) is 1. The van der Waals surface area contributed by atoms with Crippen molar-refractivity contribution in [2.75, 3.05) is 44.2 Å². The molecule has 0 spiro atoms. The summed E-state index contributed by atoms with van der Waals surface area (Å²) in [7, 11) is 0. The van der Waals surface area contributed by atoms with Gasteiger partial charge in [-0.1, -0.05) is 78.9 Å². The zero-order valence-corrected chi connectivity index (χ0v) is 36.6. The number of amides is 1. The van der Waals surface area contributed by atoms with Gasteiger partial charge in [0.1, 0.15) is 17.4 Å². The van der Waals surface area contributed by atoms with E-state index in [1.165, 1.54) is 12.5 Å². The molecule has 7 rings (SSSR count). The van der Waals surface area contributed by atoms with Crippen molar-refractivity contribution < 1.29 is 19.0 Å². The van der Waals surface area contributed by atoms with Crippen LogP contribution in [0.4, 0.5) is 10.2 Å². The Kier molecular flexibility index (Phi) is 13.4. The van der Waals surface area contributed by atoms with E-state index in [4.69, 9.17) is 30.4 Å². The summed E-state index contributed by atoms with van der Waals surface area (Å²) in [6.45, 7) is 16.6. The van der Waals surface area contributed by atoms with E-state index >= 15 is 4.39 Å². The summed E-state index contributed by atoms with van der Waals surface area (Å²) < 4.78 is 22.3. The molecular weight excluding hydrogens is 754 g/mol. The van der Waals surface area contributed by atoms with Crippen LogP contribution in [0.2, 0.25) is 0 Å². The normalized spacial score (nSPS) is 19.4. The minimum atomic E-state index is -0.280. The third-order valence-corrected chi connectivity index (χ3v) is 12.9. The molecule has 60 heavy (non-hydrogen) atoms. The number of nitrogens with two attached hydrogens (primary N) is 1. The highest BCUT2D eigenvalue weighted by molar-refractivity contribution is 6.07. The van der Waals surface area contributed by atoms with E-state index in [1.807, 2.05) is 17.9 Å². The second kappa shape index (κ2) is 18.7. The first kappa shape index (κ1) is 43.0. The number of aromatic nitrogens is 2. The molecule has 3 aromatic carbocycles. The summed E-state index contributed by atoms with van der Waals surface area (Å²) in [6.07, 6.45) is 15.0. The van der Waals surface area contributed by atoms with E-state index in [2.05, 4.69) is 45.6 Å². The summed E-state index contributed by atoms with van der Waals surface area (Å²) in [5.74, 6) is 0.478. The quantitative estimate of drug-likeness (QED) is 0.0909. The number of aryl methyl sites for hydroxylation is 1. The molecule has 4 heterocycles. The highest BCUT2D eigenvalue weighted by atomic mass is 19.1. The highest BCUT2D eigenvalue weighted by Gasteiger charge is 2.29. The van der Waals surface area contributed by atoms with Crippen LogP contribution in [-0.4, -0.2) is 77.0 Å². The Labute approximate surface area is 354 Å². The standard InChI is InChI=1S/C49H64FN7O3/c1-7-10-12-19-49(6,18-11-8-2)30-60-48-54-42-28-38(37-27-35(58)25-33-16-17-40(50)36(9-3)43(33)37)45-39(24-31(4)32(5)53-45)44(42)46(55-48)57-23-15-20-52-34(29-57)26-41(51)47(59)56-21-13-14-22-56/h16-17,24-28,31-32,58H,7-15,18-23,29-30,51H2,1-6H3/b41-26-. The number of carbonyl (C=O) groups is 1. The summed E-state index contributed by atoms with van der Waals surface area (Å²) in [4.78, 5) is 38.0. The second-order valence-electron chi connectivity index (χ2n) is 17.7. The number of rotatable bonds is 15. The van der Waals surface area contributed by atoms with Crippen LogP contribution in [0.25, 0.3) is 38.9 Å². The second-order valence-corrected chi connectivity index (χ2v) is 17.7. The Morgan fingerprint density at radius 3 is 2.50 bits per heavy atom. The number of fused-ring (bicyclic) bond motifs is 4. The predicted octanol–water partition coefficient (Wildman–Crippen LogP) is 8.57. The number of carbonyl (C=O) groups excluding carboxylic acids is 1. The molecule has 3 atom stereocenters. The Morgan fingerprint density at radius 1 is 0.983 bits per heavy atom. The molecule has 1 aromatic heterocycles. The maximum Gasteiger partial charge on any atom is 0.318 e. The van der Waals surface area contributed by atoms with Crippen LogP contribution in [0.3, 0.4) is 0 Å². The number of aliphatic imine (C=N–C) groups is 1. The maximum atomic E-state index is 15.6. The number of ether oxygens (including phenoxy) is 1. The fraction of sp³-hybridized carbons (Fsp3) is 0.531. The Hall–Kier alpha value is -5.06. The zero-order valence-electron chi connectivity index (χ0n) is 36.6. The molecule has 11 heteroatoms. The fourth-order valence-electron chi connectivity index (χ4n) is 9.20. The van der Waals surface area contributed by atoms with Crippen LogP contribution in [0.15, 0.2) is 52.1 Å². The molecule has 3 aliphatic heterocycles. The molecule has 4 aromatic rings. The summed E-state index contributed by atoms with van der Waals surface area (Å²) in [5.41, 5.74) is 10.1. The molecule has 3 unspecified atom stereocenters. The minimum absolute atomic E-state index is 0.0293. The Balaban J connectivity index is 1.44. The number of aromatic hydroxyl groups is 1. The van der Waals surface area contributed by atoms with Gasteiger partial charge in [-0.15, -0.1) is 0 Å². The van der Waals surface area contributed by atoms with Crippen molar-refractivity contribution in [3.05, 3.63) is 64.1 Å². The van der Waals surface area contributed by atoms with Gasteiger partial charge in [-0.25, -0.2) is 4.39 Å². The molecule has 3 N–H and O–H groups in total. The van der Waals surface area contributed by atoms with Gasteiger partial charge < -0.3 is 25.4 Å². The van der Waals surface area contributed by atoms with Crippen molar-refractivity contribution >= 4 is 45.2 Å². The van der Waals surface area contributed by atoms with Crippen molar-refractivity contribution in [1.82, 2.24) is 14.9 Å². The molecule has 0 saturated carbocycles. The van der Waals surface area contributed by atoms with Crippen molar-refractivity contribution in [1.29, 1.82) is 0 Å². The van der Waals surface area contributed by atoms with Crippen LogP contribution in [0.5, 0.6) is 11.8 Å². The van der Waals surface area contributed by atoms with Crippen molar-refractivity contribution in [2.24, 2.45) is 27.1 Å². The van der Waals surface area contributed by atoms with E-state index in [0.29, 0.717) is 61.1 Å². The summed E-state index contributed by atoms with van der Waals surface area (Å²) in [5, 5.41) is 15.2. The number of hydrogen-bond acceptors (Lipinski definition) is 9. The number of benzene rings is 3. The monoisotopic (exact) mass is 818 g/mol. The average molecular weight is 818 g/mol. The molecule has 1 saturated heterocycles. The number of halogens is 1. The van der Waals surface area contributed by atoms with E-state index in [0.717, 1.165) is 109 Å². The van der Waals surface area contributed by atoms with Crippen LogP contribution in [-0.2, 0) is 11.2 Å². The molecule has 0 aliphatic carbocycles. The average Bonchev–Trinajstić information content (AvgIpc) is 3.68. The molecular formula is C49H64FN7O3. The van der Waals surface area contributed by atoms with Gasteiger partial charge in [0.05, 0.1) is 46.9 Å². The summed E-state index contributed by atoms with van der Waals surface area (Å²) in [6, 6.07) is 8.92. The number of unbranched alkanes of at least 4 members (excludes halogenated alkanes) is 3. The van der Waals surface area contributed by atoms with Gasteiger partial charge in [-0.05, 0) is 104 Å². The number of phenolic OH excluding ortho intramolecular Hbond substituents is 1. The smallest absolute Gasteiger partial charge is 0.318 e. The van der Waals surface area contributed by atoms with E-state index < -0.39 is 0 Å². The van der Waals surface area contributed by atoms with Crippen molar-refractivity contribution in [2.45, 2.75) is 118 Å². The highest BCUT2D eigenvalue weighted by Crippen LogP contribution is 2.38. The lowest BCUT2D eigenvalue weighted by Crippen LogP contribution is -2.38. The summed E-state index contributed by atoms with van der Waals surface area (Å²) >= 11 is 0. The van der Waals surface area contributed by atoms with Crippen LogP contribution in [0.1, 0.15) is 111 Å². The van der Waals surface area contributed by atoms with Crippen LogP contribution < -0.4 is 25.9 Å². The number of hydrogen-bond donors (Lipinski definition) is 2. The lowest BCUT2D eigenvalue weighted by molar-refractivity contribution is -0.126. The van der Waals surface area contributed by atoms with Crippen LogP contribution >= 0.6 is 0 Å². The molecule has 0 bridgehead atoms. The molecule has 0 radical (unpaired) electrons. The molecule has 1 amide bonds. The molecule has 320 valence electrons. The zero-order chi connectivity index (χ0) is 42.6. The van der Waals surface area contributed by atoms with Gasteiger partial charge in [0.2, 0.25) is 0 Å². The molecule has 1 fully saturated rings. The first-order chi connectivity index (χ1) is 28.9. The van der Waals surface area contributed by atoms with Gasteiger partial charge in [-0.3, -0.25) is 14.8 Å². The third kappa shape index (κ3) is 9.15. The first-order valence-corrected chi connectivity index (χ1v) is 22.5. The van der Waals surface area contributed by atoms with Gasteiger partial charge in [0, 0.05) is 42.4 Å². The Bertz CT molecular complexity index is 2420. The van der Waals surface area contributed by atoms with Gasteiger partial charge in [0.25, 0.3) is 5.91 Å². The van der Waals surface area contributed by atoms with Gasteiger partial charge in [0.15, 0.2) is 0 Å². The number of anilines is 1. The van der Waals surface area contributed by atoms with E-state index in [-0.39, 0.29) is 40.5 Å². The molecule has 10 nitrogen and oxygen atoms in total. The van der Waals surface area contributed by atoms with Crippen molar-refractivity contribution in [3.63, 3.8) is 0 Å². The topological polar surface area (TPSA) is 130 Å².